The molecular weight excluding hydrogens is 330 g/mol. The van der Waals surface area contributed by atoms with Crippen molar-refractivity contribution in [3.05, 3.63) is 89.7 Å². The number of nitrogens with zero attached hydrogens (tertiary/aromatic N) is 1. The summed E-state index contributed by atoms with van der Waals surface area (Å²) < 4.78 is 9.69. The van der Waals surface area contributed by atoms with Crippen LogP contribution < -0.4 is 0 Å². The zero-order chi connectivity index (χ0) is 18.9. The summed E-state index contributed by atoms with van der Waals surface area (Å²) in [6.07, 6.45) is 0. The van der Waals surface area contributed by atoms with Crippen molar-refractivity contribution < 1.29 is 19.1 Å². The van der Waals surface area contributed by atoms with E-state index < -0.39 is 17.7 Å². The van der Waals surface area contributed by atoms with Gasteiger partial charge < -0.3 is 9.47 Å². The third-order valence-electron chi connectivity index (χ3n) is 3.41. The van der Waals surface area contributed by atoms with Crippen molar-refractivity contribution in [1.29, 1.82) is 5.26 Å². The van der Waals surface area contributed by atoms with Crippen LogP contribution in [0.25, 0.3) is 5.57 Å². The largest absolute Gasteiger partial charge is 0.460 e. The second-order valence-electron chi connectivity index (χ2n) is 5.13. The summed E-state index contributed by atoms with van der Waals surface area (Å²) in [7, 11) is 0. The molecule has 2 aromatic rings. The van der Waals surface area contributed by atoms with Gasteiger partial charge in [-0.2, -0.15) is 5.26 Å². The minimum absolute atomic E-state index is 0.121. The maximum Gasteiger partial charge on any atom is 0.373 e. The Balaban J connectivity index is 2.49. The van der Waals surface area contributed by atoms with Gasteiger partial charge in [0.2, 0.25) is 5.76 Å². The molecule has 0 unspecified atom stereocenters. The van der Waals surface area contributed by atoms with Crippen LogP contribution >= 0.6 is 0 Å². The standard InChI is InChI=1S/C21H17NO4/c1-3-25-20(23)15(2)26-21(24)18(14-22)19(16-10-6-4-7-11-16)17-12-8-5-9-13-17/h4-13H,2-3H2,1H3. The topological polar surface area (TPSA) is 76.4 Å². The van der Waals surface area contributed by atoms with Crippen molar-refractivity contribution in [2.75, 3.05) is 6.61 Å². The molecule has 5 nitrogen and oxygen atoms in total. The highest BCUT2D eigenvalue weighted by atomic mass is 16.6. The van der Waals surface area contributed by atoms with Crippen molar-refractivity contribution in [2.45, 2.75) is 6.92 Å². The SMILES string of the molecule is C=C(OC(=O)C(C#N)=C(c1ccccc1)c1ccccc1)C(=O)OCC. The van der Waals surface area contributed by atoms with Gasteiger partial charge in [-0.3, -0.25) is 0 Å². The van der Waals surface area contributed by atoms with E-state index in [2.05, 4.69) is 6.58 Å². The molecule has 0 N–H and O–H groups in total. The van der Waals surface area contributed by atoms with E-state index in [9.17, 15) is 14.9 Å². The number of carbonyl (C=O) groups is 2. The summed E-state index contributed by atoms with van der Waals surface area (Å²) in [6.45, 7) is 5.13. The second kappa shape index (κ2) is 9.00. The Morgan fingerprint density at radius 2 is 1.46 bits per heavy atom. The maximum atomic E-state index is 12.5. The fourth-order valence-corrected chi connectivity index (χ4v) is 2.28. The van der Waals surface area contributed by atoms with Crippen LogP contribution in [0.15, 0.2) is 78.6 Å². The van der Waals surface area contributed by atoms with Crippen LogP contribution in [0.2, 0.25) is 0 Å². The van der Waals surface area contributed by atoms with Crippen LogP contribution in [0.1, 0.15) is 18.1 Å². The molecule has 0 aromatic heterocycles. The van der Waals surface area contributed by atoms with Crippen molar-refractivity contribution in [2.24, 2.45) is 0 Å². The molecule has 0 spiro atoms. The zero-order valence-electron chi connectivity index (χ0n) is 14.3. The van der Waals surface area contributed by atoms with Crippen molar-refractivity contribution >= 4 is 17.5 Å². The molecule has 0 saturated heterocycles. The number of esters is 2. The summed E-state index contributed by atoms with van der Waals surface area (Å²) in [5.41, 5.74) is 1.53. The van der Waals surface area contributed by atoms with E-state index in [-0.39, 0.29) is 12.2 Å². The molecule has 0 aliphatic carbocycles. The number of rotatable bonds is 6. The molecule has 130 valence electrons. The highest BCUT2D eigenvalue weighted by Gasteiger charge is 2.23. The van der Waals surface area contributed by atoms with Crippen LogP contribution in [0, 0.1) is 11.3 Å². The van der Waals surface area contributed by atoms with Crippen LogP contribution in [0.4, 0.5) is 0 Å². The van der Waals surface area contributed by atoms with Gasteiger partial charge in [-0.1, -0.05) is 60.7 Å². The number of carbonyl (C=O) groups excluding carboxylic acids is 2. The van der Waals surface area contributed by atoms with E-state index in [1.54, 1.807) is 55.5 Å². The van der Waals surface area contributed by atoms with Gasteiger partial charge in [-0.15, -0.1) is 0 Å². The normalized spacial score (nSPS) is 9.54. The second-order valence-corrected chi connectivity index (χ2v) is 5.13. The van der Waals surface area contributed by atoms with E-state index in [1.807, 2.05) is 18.2 Å². The lowest BCUT2D eigenvalue weighted by Gasteiger charge is -2.12. The zero-order valence-corrected chi connectivity index (χ0v) is 14.3. The molecule has 0 aliphatic rings. The van der Waals surface area contributed by atoms with Gasteiger partial charge >= 0.3 is 11.9 Å². The molecule has 0 fully saturated rings. The summed E-state index contributed by atoms with van der Waals surface area (Å²) in [5, 5.41) is 9.59. The first-order chi connectivity index (χ1) is 12.6. The average Bonchev–Trinajstić information content (AvgIpc) is 2.67. The Kier molecular flexibility index (Phi) is 6.47. The van der Waals surface area contributed by atoms with Gasteiger partial charge in [0, 0.05) is 5.57 Å². The first-order valence-electron chi connectivity index (χ1n) is 7.91. The number of hydrogen-bond acceptors (Lipinski definition) is 5. The summed E-state index contributed by atoms with van der Waals surface area (Å²) in [6, 6.07) is 19.9. The lowest BCUT2D eigenvalue weighted by atomic mass is 9.93. The molecule has 0 aliphatic heterocycles. The van der Waals surface area contributed by atoms with E-state index in [0.717, 1.165) is 0 Å². The minimum atomic E-state index is -0.965. The summed E-state index contributed by atoms with van der Waals surface area (Å²) in [5.74, 6) is -2.28. The average molecular weight is 347 g/mol. The molecule has 0 bridgehead atoms. The highest BCUT2D eigenvalue weighted by molar-refractivity contribution is 6.06. The molecule has 26 heavy (non-hydrogen) atoms. The monoisotopic (exact) mass is 347 g/mol. The minimum Gasteiger partial charge on any atom is -0.460 e. The smallest absolute Gasteiger partial charge is 0.373 e. The fraction of sp³-hybridized carbons (Fsp3) is 0.0952. The molecule has 0 radical (unpaired) electrons. The fourth-order valence-electron chi connectivity index (χ4n) is 2.28. The molecule has 0 heterocycles. The van der Waals surface area contributed by atoms with Crippen LogP contribution in [-0.2, 0) is 19.1 Å². The Hall–Kier alpha value is -3.65. The number of ether oxygens (including phenoxy) is 2. The van der Waals surface area contributed by atoms with Crippen LogP contribution in [0.3, 0.4) is 0 Å². The Morgan fingerprint density at radius 1 is 0.962 bits per heavy atom. The Bertz CT molecular complexity index is 836. The quantitative estimate of drug-likeness (QED) is 0.345. The lowest BCUT2D eigenvalue weighted by Crippen LogP contribution is -2.15. The van der Waals surface area contributed by atoms with E-state index in [1.165, 1.54) is 0 Å². The maximum absolute atomic E-state index is 12.5. The molecule has 2 aromatic carbocycles. The molecule has 2 rings (SSSR count). The van der Waals surface area contributed by atoms with Gasteiger partial charge in [0.15, 0.2) is 0 Å². The van der Waals surface area contributed by atoms with E-state index in [0.29, 0.717) is 16.7 Å². The van der Waals surface area contributed by atoms with Crippen molar-refractivity contribution in [3.8, 4) is 6.07 Å². The van der Waals surface area contributed by atoms with Gasteiger partial charge in [0.25, 0.3) is 0 Å². The molecule has 0 saturated carbocycles. The first-order valence-corrected chi connectivity index (χ1v) is 7.91. The predicted octanol–water partition coefficient (Wildman–Crippen LogP) is 3.63. The number of hydrogen-bond donors (Lipinski definition) is 0. The van der Waals surface area contributed by atoms with Gasteiger partial charge in [-0.25, -0.2) is 9.59 Å². The molecule has 0 atom stereocenters. The third-order valence-corrected chi connectivity index (χ3v) is 3.41. The summed E-state index contributed by atoms with van der Waals surface area (Å²) >= 11 is 0. The molecule has 0 amide bonds. The lowest BCUT2D eigenvalue weighted by molar-refractivity contribution is -0.148. The van der Waals surface area contributed by atoms with E-state index in [4.69, 9.17) is 9.47 Å². The Labute approximate surface area is 151 Å². The molecular formula is C21H17NO4. The number of benzene rings is 2. The van der Waals surface area contributed by atoms with Gasteiger partial charge in [0.05, 0.1) is 6.61 Å². The van der Waals surface area contributed by atoms with Crippen LogP contribution in [-0.4, -0.2) is 18.5 Å². The van der Waals surface area contributed by atoms with Crippen molar-refractivity contribution in [1.82, 2.24) is 0 Å². The van der Waals surface area contributed by atoms with Crippen molar-refractivity contribution in [3.63, 3.8) is 0 Å². The highest BCUT2D eigenvalue weighted by Crippen LogP contribution is 2.27. The van der Waals surface area contributed by atoms with Gasteiger partial charge in [0.1, 0.15) is 11.6 Å². The van der Waals surface area contributed by atoms with E-state index >= 15 is 0 Å². The predicted molar refractivity (Wildman–Crippen MR) is 96.4 cm³/mol. The van der Waals surface area contributed by atoms with Crippen LogP contribution in [0.5, 0.6) is 0 Å². The summed E-state index contributed by atoms with van der Waals surface area (Å²) in [4.78, 5) is 24.1. The number of nitriles is 1. The first kappa shape index (κ1) is 18.7. The molecule has 5 heteroatoms. The van der Waals surface area contributed by atoms with Gasteiger partial charge in [-0.05, 0) is 24.6 Å². The third kappa shape index (κ3) is 4.46. The Morgan fingerprint density at radius 3 is 1.88 bits per heavy atom.